The molecule has 1 amide bonds. The SMILES string of the molecule is O=C(Nc1ccc(Cl)c(C(F)(F)F)c1)c1cc2nc(-c3ccc(Cl)cc3)cc(C(F)(F)F)n2n1. The molecule has 0 atom stereocenters. The van der Waals surface area contributed by atoms with E-state index in [2.05, 4.69) is 15.4 Å². The highest BCUT2D eigenvalue weighted by atomic mass is 35.5. The van der Waals surface area contributed by atoms with Gasteiger partial charge in [-0.2, -0.15) is 31.4 Å². The maximum Gasteiger partial charge on any atom is 0.433 e. The Morgan fingerprint density at radius 1 is 0.882 bits per heavy atom. The largest absolute Gasteiger partial charge is 0.433 e. The molecular weight excluding hydrogens is 509 g/mol. The zero-order chi connectivity index (χ0) is 24.8. The van der Waals surface area contributed by atoms with Crippen LogP contribution in [0, 0.1) is 0 Å². The van der Waals surface area contributed by atoms with Gasteiger partial charge in [0.05, 0.1) is 16.3 Å². The van der Waals surface area contributed by atoms with Crippen LogP contribution in [0.15, 0.2) is 54.6 Å². The maximum absolute atomic E-state index is 13.7. The number of nitrogens with zero attached hydrogens (tertiary/aromatic N) is 3. The van der Waals surface area contributed by atoms with Crippen molar-refractivity contribution in [2.24, 2.45) is 0 Å². The van der Waals surface area contributed by atoms with Crippen molar-refractivity contribution in [3.8, 4) is 11.3 Å². The molecular formula is C21H10Cl2F6N4O. The number of nitrogens with one attached hydrogen (secondary N) is 1. The number of rotatable bonds is 3. The molecule has 2 aromatic carbocycles. The molecule has 0 unspecified atom stereocenters. The van der Waals surface area contributed by atoms with Crippen LogP contribution in [0.1, 0.15) is 21.7 Å². The summed E-state index contributed by atoms with van der Waals surface area (Å²) in [6.45, 7) is 0. The van der Waals surface area contributed by atoms with E-state index >= 15 is 0 Å². The Bertz CT molecular complexity index is 1400. The number of anilines is 1. The van der Waals surface area contributed by atoms with Gasteiger partial charge in [-0.05, 0) is 36.4 Å². The first-order valence-electron chi connectivity index (χ1n) is 9.25. The van der Waals surface area contributed by atoms with Crippen molar-refractivity contribution in [1.82, 2.24) is 14.6 Å². The fraction of sp³-hybridized carbons (Fsp3) is 0.0952. The average molecular weight is 519 g/mol. The van der Waals surface area contributed by atoms with Crippen molar-refractivity contribution in [2.75, 3.05) is 5.32 Å². The van der Waals surface area contributed by atoms with Gasteiger partial charge in [0.25, 0.3) is 5.91 Å². The van der Waals surface area contributed by atoms with Crippen LogP contribution in [0.4, 0.5) is 32.0 Å². The van der Waals surface area contributed by atoms with Crippen LogP contribution in [-0.4, -0.2) is 20.5 Å². The number of aromatic nitrogens is 3. The topological polar surface area (TPSA) is 59.3 Å². The summed E-state index contributed by atoms with van der Waals surface area (Å²) < 4.78 is 80.7. The first-order chi connectivity index (χ1) is 15.8. The summed E-state index contributed by atoms with van der Waals surface area (Å²) in [5, 5.41) is 5.64. The van der Waals surface area contributed by atoms with Gasteiger partial charge in [0.15, 0.2) is 17.0 Å². The predicted octanol–water partition coefficient (Wildman–Crippen LogP) is 6.99. The molecule has 0 saturated heterocycles. The Morgan fingerprint density at radius 3 is 2.18 bits per heavy atom. The zero-order valence-electron chi connectivity index (χ0n) is 16.5. The summed E-state index contributed by atoms with van der Waals surface area (Å²) in [6.07, 6.45) is -9.62. The van der Waals surface area contributed by atoms with Gasteiger partial charge in [0.1, 0.15) is 0 Å². The molecule has 0 saturated carbocycles. The summed E-state index contributed by atoms with van der Waals surface area (Å²) in [4.78, 5) is 16.7. The molecule has 34 heavy (non-hydrogen) atoms. The second kappa shape index (κ2) is 8.48. The molecule has 4 rings (SSSR count). The Hall–Kier alpha value is -3.31. The third-order valence-corrected chi connectivity index (χ3v) is 5.20. The molecule has 2 aromatic heterocycles. The summed E-state index contributed by atoms with van der Waals surface area (Å²) in [5.74, 6) is -1.04. The summed E-state index contributed by atoms with van der Waals surface area (Å²) >= 11 is 11.4. The number of amides is 1. The Balaban J connectivity index is 1.74. The Morgan fingerprint density at radius 2 is 1.56 bits per heavy atom. The fourth-order valence-electron chi connectivity index (χ4n) is 3.07. The van der Waals surface area contributed by atoms with Gasteiger partial charge in [-0.15, -0.1) is 0 Å². The van der Waals surface area contributed by atoms with E-state index in [0.717, 1.165) is 24.3 Å². The number of alkyl halides is 6. The molecule has 0 bridgehead atoms. The van der Waals surface area contributed by atoms with E-state index in [1.807, 2.05) is 0 Å². The summed E-state index contributed by atoms with van der Waals surface area (Å²) in [7, 11) is 0. The van der Waals surface area contributed by atoms with E-state index in [9.17, 15) is 31.1 Å². The number of hydrogen-bond acceptors (Lipinski definition) is 3. The van der Waals surface area contributed by atoms with Crippen molar-refractivity contribution in [1.29, 1.82) is 0 Å². The number of benzene rings is 2. The molecule has 1 N–H and O–H groups in total. The van der Waals surface area contributed by atoms with Gasteiger partial charge < -0.3 is 5.32 Å². The van der Waals surface area contributed by atoms with E-state index in [1.165, 1.54) is 24.3 Å². The van der Waals surface area contributed by atoms with Crippen molar-refractivity contribution < 1.29 is 31.1 Å². The molecule has 5 nitrogen and oxygen atoms in total. The van der Waals surface area contributed by atoms with Crippen LogP contribution in [0.2, 0.25) is 10.0 Å². The number of hydrogen-bond donors (Lipinski definition) is 1. The lowest BCUT2D eigenvalue weighted by atomic mass is 10.1. The van der Waals surface area contributed by atoms with Crippen molar-refractivity contribution in [2.45, 2.75) is 12.4 Å². The van der Waals surface area contributed by atoms with Gasteiger partial charge in [0.2, 0.25) is 0 Å². The van der Waals surface area contributed by atoms with Crippen LogP contribution in [0.3, 0.4) is 0 Å². The molecule has 0 spiro atoms. The lowest BCUT2D eigenvalue weighted by Gasteiger charge is -2.11. The minimum absolute atomic E-state index is 0.0455. The van der Waals surface area contributed by atoms with Gasteiger partial charge in [0, 0.05) is 22.3 Å². The lowest BCUT2D eigenvalue weighted by Crippen LogP contribution is -2.16. The van der Waals surface area contributed by atoms with Crippen molar-refractivity contribution in [3.05, 3.63) is 81.6 Å². The highest BCUT2D eigenvalue weighted by Crippen LogP contribution is 2.36. The van der Waals surface area contributed by atoms with Crippen LogP contribution in [0.5, 0.6) is 0 Å². The van der Waals surface area contributed by atoms with E-state index in [-0.39, 0.29) is 17.0 Å². The smallest absolute Gasteiger partial charge is 0.321 e. The average Bonchev–Trinajstić information content (AvgIpc) is 3.17. The molecule has 0 aliphatic heterocycles. The molecule has 2 heterocycles. The Labute approximate surface area is 196 Å². The van der Waals surface area contributed by atoms with Gasteiger partial charge in [-0.25, -0.2) is 9.50 Å². The standard InChI is InChI=1S/C21H10Cl2F6N4O/c22-11-3-1-10(2-4-11)15-8-17(21(27,28)29)33-18(31-15)9-16(32-33)19(34)30-12-5-6-14(23)13(7-12)20(24,25)26/h1-9H,(H,30,34). The normalized spacial score (nSPS) is 12.2. The van der Waals surface area contributed by atoms with Gasteiger partial charge in [-0.1, -0.05) is 35.3 Å². The first-order valence-corrected chi connectivity index (χ1v) is 10.0. The predicted molar refractivity (Wildman–Crippen MR) is 113 cm³/mol. The van der Waals surface area contributed by atoms with E-state index in [4.69, 9.17) is 23.2 Å². The number of carbonyl (C=O) groups excluding carboxylic acids is 1. The van der Waals surface area contributed by atoms with E-state index < -0.39 is 40.2 Å². The van der Waals surface area contributed by atoms with Gasteiger partial charge in [-0.3, -0.25) is 4.79 Å². The van der Waals surface area contributed by atoms with Gasteiger partial charge >= 0.3 is 12.4 Å². The minimum atomic E-state index is -4.85. The third kappa shape index (κ3) is 4.80. The second-order valence-corrected chi connectivity index (χ2v) is 7.82. The van der Waals surface area contributed by atoms with E-state index in [1.54, 1.807) is 0 Å². The highest BCUT2D eigenvalue weighted by molar-refractivity contribution is 6.31. The number of fused-ring (bicyclic) bond motifs is 1. The fourth-order valence-corrected chi connectivity index (χ4v) is 3.42. The molecule has 0 aliphatic rings. The van der Waals surface area contributed by atoms with Crippen LogP contribution < -0.4 is 5.32 Å². The Kier molecular flexibility index (Phi) is 5.94. The van der Waals surface area contributed by atoms with Crippen LogP contribution in [0.25, 0.3) is 16.9 Å². The lowest BCUT2D eigenvalue weighted by molar-refractivity contribution is -0.142. The first kappa shape index (κ1) is 23.8. The monoisotopic (exact) mass is 518 g/mol. The number of halogens is 8. The number of carbonyl (C=O) groups is 1. The molecule has 176 valence electrons. The highest BCUT2D eigenvalue weighted by Gasteiger charge is 2.36. The molecule has 0 fully saturated rings. The van der Waals surface area contributed by atoms with Crippen LogP contribution >= 0.6 is 23.2 Å². The van der Waals surface area contributed by atoms with Crippen molar-refractivity contribution in [3.63, 3.8) is 0 Å². The zero-order valence-corrected chi connectivity index (χ0v) is 18.0. The molecule has 13 heteroatoms. The minimum Gasteiger partial charge on any atom is -0.321 e. The molecule has 0 radical (unpaired) electrons. The summed E-state index contributed by atoms with van der Waals surface area (Å²) in [6, 6.07) is 10.3. The third-order valence-electron chi connectivity index (χ3n) is 4.62. The molecule has 4 aromatic rings. The second-order valence-electron chi connectivity index (χ2n) is 6.98. The van der Waals surface area contributed by atoms with E-state index in [0.29, 0.717) is 21.2 Å². The maximum atomic E-state index is 13.7. The quantitative estimate of drug-likeness (QED) is 0.297. The molecule has 0 aliphatic carbocycles. The van der Waals surface area contributed by atoms with Crippen molar-refractivity contribution >= 4 is 40.4 Å². The van der Waals surface area contributed by atoms with Crippen LogP contribution in [-0.2, 0) is 12.4 Å². The summed E-state index contributed by atoms with van der Waals surface area (Å²) in [5.41, 5.74) is -3.15.